The summed E-state index contributed by atoms with van der Waals surface area (Å²) in [5.74, 6) is 1.68. The van der Waals surface area contributed by atoms with Crippen LogP contribution in [0.2, 0.25) is 0 Å². The quantitative estimate of drug-likeness (QED) is 0.842. The van der Waals surface area contributed by atoms with Gasteiger partial charge >= 0.3 is 0 Å². The predicted octanol–water partition coefficient (Wildman–Crippen LogP) is 4.84. The van der Waals surface area contributed by atoms with E-state index in [9.17, 15) is 0 Å². The van der Waals surface area contributed by atoms with E-state index >= 15 is 0 Å². The van der Waals surface area contributed by atoms with Crippen molar-refractivity contribution in [3.63, 3.8) is 0 Å². The third-order valence-electron chi connectivity index (χ3n) is 4.30. The smallest absolute Gasteiger partial charge is 0.0346 e. The average molecular weight is 310 g/mol. The van der Waals surface area contributed by atoms with Gasteiger partial charge in [0.1, 0.15) is 0 Å². The van der Waals surface area contributed by atoms with E-state index < -0.39 is 0 Å². The van der Waals surface area contributed by atoms with E-state index in [0.717, 1.165) is 11.8 Å². The minimum atomic E-state index is 0.513. The van der Waals surface area contributed by atoms with E-state index in [0.29, 0.717) is 6.04 Å². The van der Waals surface area contributed by atoms with Crippen LogP contribution < -0.4 is 5.32 Å². The number of rotatable bonds is 3. The van der Waals surface area contributed by atoms with Crippen LogP contribution in [0, 0.1) is 18.8 Å². The van der Waals surface area contributed by atoms with E-state index in [1.54, 1.807) is 0 Å². The maximum Gasteiger partial charge on any atom is 0.0346 e. The normalized spacial score (nSPS) is 26.0. The van der Waals surface area contributed by atoms with E-state index in [-0.39, 0.29) is 0 Å². The highest BCUT2D eigenvalue weighted by atomic mass is 79.9. The molecule has 0 saturated heterocycles. The van der Waals surface area contributed by atoms with Gasteiger partial charge in [-0.05, 0) is 55.8 Å². The van der Waals surface area contributed by atoms with Crippen LogP contribution in [0.25, 0.3) is 0 Å². The molecule has 1 aliphatic carbocycles. The Morgan fingerprint density at radius 3 is 2.72 bits per heavy atom. The molecule has 1 aliphatic rings. The maximum atomic E-state index is 3.59. The number of benzene rings is 1. The Bertz CT molecular complexity index is 402. The fourth-order valence-electron chi connectivity index (χ4n) is 3.32. The van der Waals surface area contributed by atoms with Crippen molar-refractivity contribution >= 4 is 15.9 Å². The second-order valence-corrected chi connectivity index (χ2v) is 6.66. The van der Waals surface area contributed by atoms with Crippen molar-refractivity contribution in [3.8, 4) is 0 Å². The summed E-state index contributed by atoms with van der Waals surface area (Å²) in [6.45, 7) is 4.56. The van der Waals surface area contributed by atoms with Gasteiger partial charge in [0.2, 0.25) is 0 Å². The Labute approximate surface area is 119 Å². The molecule has 3 atom stereocenters. The minimum Gasteiger partial charge on any atom is -0.313 e. The summed E-state index contributed by atoms with van der Waals surface area (Å²) in [6.07, 6.45) is 5.53. The monoisotopic (exact) mass is 309 g/mol. The van der Waals surface area contributed by atoms with Crippen LogP contribution in [0.3, 0.4) is 0 Å². The van der Waals surface area contributed by atoms with Gasteiger partial charge in [-0.3, -0.25) is 0 Å². The molecule has 2 rings (SSSR count). The zero-order chi connectivity index (χ0) is 13.1. The SMILES string of the molecule is CNC(c1ccc(Br)c(C)c1)C1CCCC(C)C1. The summed E-state index contributed by atoms with van der Waals surface area (Å²) >= 11 is 3.59. The van der Waals surface area contributed by atoms with E-state index in [1.807, 2.05) is 0 Å². The largest absolute Gasteiger partial charge is 0.313 e. The van der Waals surface area contributed by atoms with Gasteiger partial charge in [0.15, 0.2) is 0 Å². The lowest BCUT2D eigenvalue weighted by atomic mass is 9.76. The molecule has 0 radical (unpaired) electrons. The molecule has 1 saturated carbocycles. The zero-order valence-corrected chi connectivity index (χ0v) is 13.3. The summed E-state index contributed by atoms with van der Waals surface area (Å²) < 4.78 is 1.21. The summed E-state index contributed by atoms with van der Waals surface area (Å²) in [4.78, 5) is 0. The highest BCUT2D eigenvalue weighted by molar-refractivity contribution is 9.10. The number of hydrogen-bond acceptors (Lipinski definition) is 1. The molecule has 2 heteroatoms. The van der Waals surface area contributed by atoms with Crippen LogP contribution in [-0.4, -0.2) is 7.05 Å². The van der Waals surface area contributed by atoms with Gasteiger partial charge in [0.05, 0.1) is 0 Å². The van der Waals surface area contributed by atoms with E-state index in [4.69, 9.17) is 0 Å². The van der Waals surface area contributed by atoms with Gasteiger partial charge in [0, 0.05) is 10.5 Å². The number of halogens is 1. The minimum absolute atomic E-state index is 0.513. The fraction of sp³-hybridized carbons (Fsp3) is 0.625. The molecule has 100 valence electrons. The molecule has 3 unspecified atom stereocenters. The first-order chi connectivity index (χ1) is 8.61. The van der Waals surface area contributed by atoms with Crippen molar-refractivity contribution in [2.24, 2.45) is 11.8 Å². The predicted molar refractivity (Wildman–Crippen MR) is 81.8 cm³/mol. The summed E-state index contributed by atoms with van der Waals surface area (Å²) in [5, 5.41) is 3.54. The number of nitrogens with one attached hydrogen (secondary N) is 1. The Morgan fingerprint density at radius 1 is 1.33 bits per heavy atom. The molecule has 1 fully saturated rings. The molecule has 0 spiro atoms. The van der Waals surface area contributed by atoms with Crippen LogP contribution in [0.5, 0.6) is 0 Å². The highest BCUT2D eigenvalue weighted by Crippen LogP contribution is 2.37. The summed E-state index contributed by atoms with van der Waals surface area (Å²) in [7, 11) is 2.10. The summed E-state index contributed by atoms with van der Waals surface area (Å²) in [5.41, 5.74) is 2.77. The second kappa shape index (κ2) is 6.21. The maximum absolute atomic E-state index is 3.59. The molecule has 1 aromatic rings. The van der Waals surface area contributed by atoms with Crippen molar-refractivity contribution in [3.05, 3.63) is 33.8 Å². The third kappa shape index (κ3) is 3.16. The van der Waals surface area contributed by atoms with Crippen LogP contribution in [0.1, 0.15) is 49.8 Å². The lowest BCUT2D eigenvalue weighted by Crippen LogP contribution is -2.29. The van der Waals surface area contributed by atoms with Crippen LogP contribution in [-0.2, 0) is 0 Å². The van der Waals surface area contributed by atoms with Gasteiger partial charge in [-0.25, -0.2) is 0 Å². The van der Waals surface area contributed by atoms with Crippen molar-refractivity contribution in [2.75, 3.05) is 7.05 Å². The molecular formula is C16H24BrN. The molecule has 0 aromatic heterocycles. The lowest BCUT2D eigenvalue weighted by molar-refractivity contribution is 0.230. The fourth-order valence-corrected chi connectivity index (χ4v) is 3.57. The van der Waals surface area contributed by atoms with Gasteiger partial charge in [-0.1, -0.05) is 47.8 Å². The Morgan fingerprint density at radius 2 is 2.11 bits per heavy atom. The first kappa shape index (κ1) is 14.1. The Balaban J connectivity index is 2.18. The van der Waals surface area contributed by atoms with Crippen molar-refractivity contribution in [2.45, 2.75) is 45.6 Å². The Hall–Kier alpha value is -0.340. The van der Waals surface area contributed by atoms with Crippen LogP contribution in [0.15, 0.2) is 22.7 Å². The van der Waals surface area contributed by atoms with Crippen LogP contribution in [0.4, 0.5) is 0 Å². The third-order valence-corrected chi connectivity index (χ3v) is 5.19. The lowest BCUT2D eigenvalue weighted by Gasteiger charge is -2.33. The standard InChI is InChI=1S/C16H24BrN/c1-11-5-4-6-13(9-11)16(18-3)14-7-8-15(17)12(2)10-14/h7-8,10-11,13,16,18H,4-6,9H2,1-3H3. The highest BCUT2D eigenvalue weighted by Gasteiger charge is 2.26. The first-order valence-corrected chi connectivity index (χ1v) is 7.84. The molecular weight excluding hydrogens is 286 g/mol. The van der Waals surface area contributed by atoms with Crippen molar-refractivity contribution in [1.29, 1.82) is 0 Å². The molecule has 1 aromatic carbocycles. The van der Waals surface area contributed by atoms with Gasteiger partial charge in [0.25, 0.3) is 0 Å². The van der Waals surface area contributed by atoms with E-state index in [1.165, 1.54) is 41.3 Å². The van der Waals surface area contributed by atoms with Crippen LogP contribution >= 0.6 is 15.9 Å². The van der Waals surface area contributed by atoms with Crippen molar-refractivity contribution < 1.29 is 0 Å². The second-order valence-electron chi connectivity index (χ2n) is 5.81. The average Bonchev–Trinajstić information content (AvgIpc) is 2.35. The molecule has 0 aliphatic heterocycles. The summed E-state index contributed by atoms with van der Waals surface area (Å²) in [6, 6.07) is 7.28. The van der Waals surface area contributed by atoms with Gasteiger partial charge < -0.3 is 5.32 Å². The molecule has 18 heavy (non-hydrogen) atoms. The molecule has 0 heterocycles. The van der Waals surface area contributed by atoms with Gasteiger partial charge in [-0.2, -0.15) is 0 Å². The topological polar surface area (TPSA) is 12.0 Å². The van der Waals surface area contributed by atoms with Gasteiger partial charge in [-0.15, -0.1) is 0 Å². The van der Waals surface area contributed by atoms with E-state index in [2.05, 4.69) is 60.3 Å². The molecule has 1 nitrogen and oxygen atoms in total. The molecule has 1 N–H and O–H groups in total. The first-order valence-electron chi connectivity index (χ1n) is 7.05. The zero-order valence-electron chi connectivity index (χ0n) is 11.7. The molecule has 0 amide bonds. The molecule has 0 bridgehead atoms. The van der Waals surface area contributed by atoms with Crippen molar-refractivity contribution in [1.82, 2.24) is 5.32 Å². The number of hydrogen-bond donors (Lipinski definition) is 1. The number of aryl methyl sites for hydroxylation is 1. The Kier molecular flexibility index (Phi) is 4.85.